The Hall–Kier alpha value is -1.28. The van der Waals surface area contributed by atoms with E-state index in [2.05, 4.69) is 22.0 Å². The maximum absolute atomic E-state index is 5.63. The van der Waals surface area contributed by atoms with Gasteiger partial charge in [0.05, 0.1) is 0 Å². The lowest BCUT2D eigenvalue weighted by Crippen LogP contribution is -1.94. The Bertz CT molecular complexity index is 426. The molecule has 0 fully saturated rings. The summed E-state index contributed by atoms with van der Waals surface area (Å²) in [6.07, 6.45) is 0. The second-order valence-corrected chi connectivity index (χ2v) is 4.15. The van der Waals surface area contributed by atoms with Crippen LogP contribution in [0.3, 0.4) is 0 Å². The number of hydrogen-bond donors (Lipinski definition) is 0. The Morgan fingerprint density at radius 3 is 2.47 bits per heavy atom. The summed E-state index contributed by atoms with van der Waals surface area (Å²) in [4.78, 5) is 0. The predicted molar refractivity (Wildman–Crippen MR) is 64.9 cm³/mol. The van der Waals surface area contributed by atoms with Crippen molar-refractivity contribution < 1.29 is 4.74 Å². The largest absolute Gasteiger partial charge is 0.489 e. The number of hydrogen-bond acceptors (Lipinski definition) is 1. The molecule has 0 N–H and O–H groups in total. The van der Waals surface area contributed by atoms with Crippen LogP contribution in [0.2, 0.25) is 0 Å². The van der Waals surface area contributed by atoms with Gasteiger partial charge in [0.1, 0.15) is 12.4 Å². The van der Waals surface area contributed by atoms with Crippen molar-refractivity contribution in [3.63, 3.8) is 0 Å². The van der Waals surface area contributed by atoms with Crippen LogP contribution in [-0.2, 0) is 6.61 Å². The summed E-state index contributed by atoms with van der Waals surface area (Å²) in [7, 11) is 0. The van der Waals surface area contributed by atoms with E-state index in [-0.39, 0.29) is 0 Å². The van der Waals surface area contributed by atoms with Crippen LogP contribution in [0.1, 0.15) is 5.56 Å². The summed E-state index contributed by atoms with van der Waals surface area (Å²) >= 11 is 3.43. The Kier molecular flexibility index (Phi) is 3.41. The molecule has 1 nitrogen and oxygen atoms in total. The Morgan fingerprint density at radius 1 is 0.933 bits per heavy atom. The van der Waals surface area contributed by atoms with E-state index in [4.69, 9.17) is 4.74 Å². The lowest BCUT2D eigenvalue weighted by Gasteiger charge is -2.05. The van der Waals surface area contributed by atoms with E-state index in [1.54, 1.807) is 0 Å². The fraction of sp³-hybridized carbons (Fsp3) is 0.0769. The van der Waals surface area contributed by atoms with Gasteiger partial charge in [0.15, 0.2) is 0 Å². The number of para-hydroxylation sites is 1. The first-order chi connectivity index (χ1) is 7.34. The molecule has 2 aromatic rings. The first-order valence-electron chi connectivity index (χ1n) is 4.77. The molecule has 0 aliphatic rings. The second-order valence-electron chi connectivity index (χ2n) is 3.23. The molecule has 0 aliphatic heterocycles. The van der Waals surface area contributed by atoms with Gasteiger partial charge >= 0.3 is 0 Å². The molecule has 0 aromatic heterocycles. The van der Waals surface area contributed by atoms with E-state index in [1.165, 1.54) is 0 Å². The van der Waals surface area contributed by atoms with E-state index in [9.17, 15) is 0 Å². The highest BCUT2D eigenvalue weighted by molar-refractivity contribution is 9.10. The maximum Gasteiger partial charge on any atom is 0.119 e. The van der Waals surface area contributed by atoms with Gasteiger partial charge < -0.3 is 4.74 Å². The monoisotopic (exact) mass is 262 g/mol. The highest BCUT2D eigenvalue weighted by Gasteiger charge is 1.95. The minimum atomic E-state index is 0.601. The standard InChI is InChI=1S/C13H11BrO/c14-12-6-4-5-11(9-12)10-15-13-7-2-1-3-8-13/h1-9H,10H2. The molecule has 2 rings (SSSR count). The van der Waals surface area contributed by atoms with Gasteiger partial charge in [-0.25, -0.2) is 0 Å². The van der Waals surface area contributed by atoms with Crippen LogP contribution in [0.4, 0.5) is 0 Å². The van der Waals surface area contributed by atoms with Gasteiger partial charge in [-0.1, -0.05) is 46.3 Å². The molecule has 0 radical (unpaired) electrons. The highest BCUT2D eigenvalue weighted by Crippen LogP contribution is 2.15. The van der Waals surface area contributed by atoms with Crippen LogP contribution < -0.4 is 4.74 Å². The molecule has 0 spiro atoms. The van der Waals surface area contributed by atoms with Gasteiger partial charge in [0, 0.05) is 4.47 Å². The molecular weight excluding hydrogens is 252 g/mol. The molecular formula is C13H11BrO. The third-order valence-electron chi connectivity index (χ3n) is 2.04. The third-order valence-corrected chi connectivity index (χ3v) is 2.53. The van der Waals surface area contributed by atoms with Crippen molar-refractivity contribution in [2.75, 3.05) is 0 Å². The number of ether oxygens (including phenoxy) is 1. The first kappa shape index (κ1) is 10.2. The van der Waals surface area contributed by atoms with Crippen LogP contribution in [0, 0.1) is 0 Å². The van der Waals surface area contributed by atoms with E-state index >= 15 is 0 Å². The van der Waals surface area contributed by atoms with Crippen LogP contribution in [0.25, 0.3) is 0 Å². The van der Waals surface area contributed by atoms with Gasteiger partial charge in [0.2, 0.25) is 0 Å². The van der Waals surface area contributed by atoms with Gasteiger partial charge in [-0.3, -0.25) is 0 Å². The van der Waals surface area contributed by atoms with Crippen molar-refractivity contribution in [3.8, 4) is 5.75 Å². The average molecular weight is 263 g/mol. The summed E-state index contributed by atoms with van der Waals surface area (Å²) in [5.41, 5.74) is 1.16. The van der Waals surface area contributed by atoms with Gasteiger partial charge in [0.25, 0.3) is 0 Å². The number of rotatable bonds is 3. The van der Waals surface area contributed by atoms with Crippen molar-refractivity contribution >= 4 is 15.9 Å². The molecule has 15 heavy (non-hydrogen) atoms. The summed E-state index contributed by atoms with van der Waals surface area (Å²) in [6, 6.07) is 17.9. The highest BCUT2D eigenvalue weighted by atomic mass is 79.9. The summed E-state index contributed by atoms with van der Waals surface area (Å²) in [5, 5.41) is 0. The zero-order valence-electron chi connectivity index (χ0n) is 8.19. The van der Waals surface area contributed by atoms with Crippen molar-refractivity contribution in [2.24, 2.45) is 0 Å². The molecule has 0 heterocycles. The van der Waals surface area contributed by atoms with Gasteiger partial charge in [-0.05, 0) is 29.8 Å². The fourth-order valence-electron chi connectivity index (χ4n) is 1.31. The van der Waals surface area contributed by atoms with Crippen molar-refractivity contribution in [3.05, 3.63) is 64.6 Å². The maximum atomic E-state index is 5.63. The molecule has 0 saturated carbocycles. The fourth-order valence-corrected chi connectivity index (χ4v) is 1.76. The number of halogens is 1. The topological polar surface area (TPSA) is 9.23 Å². The normalized spacial score (nSPS) is 9.93. The zero-order valence-corrected chi connectivity index (χ0v) is 9.78. The van der Waals surface area contributed by atoms with Crippen LogP contribution >= 0.6 is 15.9 Å². The molecule has 0 unspecified atom stereocenters. The SMILES string of the molecule is Brc1cccc(COc2ccccc2)c1. The molecule has 76 valence electrons. The lowest BCUT2D eigenvalue weighted by molar-refractivity contribution is 0.306. The molecule has 0 bridgehead atoms. The Morgan fingerprint density at radius 2 is 1.73 bits per heavy atom. The molecule has 0 aliphatic carbocycles. The van der Waals surface area contributed by atoms with E-state index in [0.717, 1.165) is 15.8 Å². The van der Waals surface area contributed by atoms with Crippen LogP contribution in [0.15, 0.2) is 59.1 Å². The van der Waals surface area contributed by atoms with E-state index < -0.39 is 0 Å². The van der Waals surface area contributed by atoms with Crippen LogP contribution in [-0.4, -0.2) is 0 Å². The molecule has 0 saturated heterocycles. The summed E-state index contributed by atoms with van der Waals surface area (Å²) in [6.45, 7) is 0.601. The molecule has 2 aromatic carbocycles. The smallest absolute Gasteiger partial charge is 0.119 e. The quantitative estimate of drug-likeness (QED) is 0.812. The third kappa shape index (κ3) is 3.10. The Labute approximate surface area is 97.8 Å². The molecule has 2 heteroatoms. The first-order valence-corrected chi connectivity index (χ1v) is 5.56. The lowest BCUT2D eigenvalue weighted by atomic mass is 10.2. The average Bonchev–Trinajstić information content (AvgIpc) is 2.28. The minimum absolute atomic E-state index is 0.601. The Balaban J connectivity index is 1.99. The van der Waals surface area contributed by atoms with E-state index in [1.807, 2.05) is 48.5 Å². The second kappa shape index (κ2) is 4.99. The van der Waals surface area contributed by atoms with Crippen molar-refractivity contribution in [1.82, 2.24) is 0 Å². The molecule has 0 atom stereocenters. The van der Waals surface area contributed by atoms with Gasteiger partial charge in [-0.2, -0.15) is 0 Å². The van der Waals surface area contributed by atoms with Crippen molar-refractivity contribution in [2.45, 2.75) is 6.61 Å². The minimum Gasteiger partial charge on any atom is -0.489 e. The van der Waals surface area contributed by atoms with Gasteiger partial charge in [-0.15, -0.1) is 0 Å². The summed E-state index contributed by atoms with van der Waals surface area (Å²) in [5.74, 6) is 0.900. The summed E-state index contributed by atoms with van der Waals surface area (Å²) < 4.78 is 6.71. The van der Waals surface area contributed by atoms with E-state index in [0.29, 0.717) is 6.61 Å². The van der Waals surface area contributed by atoms with Crippen molar-refractivity contribution in [1.29, 1.82) is 0 Å². The number of benzene rings is 2. The zero-order chi connectivity index (χ0) is 10.5. The molecule has 0 amide bonds. The predicted octanol–water partition coefficient (Wildman–Crippen LogP) is 4.03. The van der Waals surface area contributed by atoms with Crippen LogP contribution in [0.5, 0.6) is 5.75 Å².